The highest BCUT2D eigenvalue weighted by Gasteiger charge is 1.83. The number of allylic oxidation sites excluding steroid dienone is 1. The average Bonchev–Trinajstić information content (AvgIpc) is 2.21. The van der Waals surface area contributed by atoms with Crippen LogP contribution in [0.5, 0.6) is 0 Å². The lowest BCUT2D eigenvalue weighted by molar-refractivity contribution is 0.199. The van der Waals surface area contributed by atoms with Gasteiger partial charge in [-0.25, -0.2) is 0 Å². The second-order valence-electron chi connectivity index (χ2n) is 2.97. The van der Waals surface area contributed by atoms with E-state index in [9.17, 15) is 0 Å². The van der Waals surface area contributed by atoms with Crippen LogP contribution in [0.25, 0.3) is 0 Å². The number of methoxy groups -OCH3 is 1. The third-order valence-electron chi connectivity index (χ3n) is 1.75. The Morgan fingerprint density at radius 2 is 2.00 bits per heavy atom. The lowest BCUT2D eigenvalue weighted by atomic mass is 10.2. The van der Waals surface area contributed by atoms with Crippen molar-refractivity contribution in [2.45, 2.75) is 26.2 Å². The molecule has 0 aliphatic carbocycles. The molecule has 0 unspecified atom stereocenters. The Kier molecular flexibility index (Phi) is 11.5. The first-order chi connectivity index (χ1) is 6.91. The smallest absolute Gasteiger partial charge is 0.0587 e. The highest BCUT2D eigenvalue weighted by atomic mass is 16.5. The summed E-state index contributed by atoms with van der Waals surface area (Å²) < 4.78 is 4.92. The van der Waals surface area contributed by atoms with Crippen LogP contribution in [0.2, 0.25) is 0 Å². The number of unbranched alkanes of at least 4 members (excludes halogenated alkanes) is 1. The molecule has 0 aromatic rings. The Bertz CT molecular complexity index is 188. The molecule has 0 amide bonds. The first-order valence-corrected chi connectivity index (χ1v) is 5.16. The van der Waals surface area contributed by atoms with Gasteiger partial charge in [0.15, 0.2) is 0 Å². The third-order valence-corrected chi connectivity index (χ3v) is 1.75. The molecule has 0 rings (SSSR count). The van der Waals surface area contributed by atoms with E-state index in [-0.39, 0.29) is 0 Å². The van der Waals surface area contributed by atoms with Gasteiger partial charge >= 0.3 is 0 Å². The summed E-state index contributed by atoms with van der Waals surface area (Å²) in [5.74, 6) is 5.92. The van der Waals surface area contributed by atoms with Crippen LogP contribution in [0.15, 0.2) is 12.2 Å². The molecule has 0 atom stereocenters. The van der Waals surface area contributed by atoms with Crippen LogP contribution >= 0.6 is 0 Å². The van der Waals surface area contributed by atoms with Crippen LogP contribution in [0.1, 0.15) is 26.2 Å². The Balaban J connectivity index is 3.05. The van der Waals surface area contributed by atoms with Crippen LogP contribution in [0.4, 0.5) is 0 Å². The van der Waals surface area contributed by atoms with Crippen LogP contribution in [-0.2, 0) is 4.74 Å². The molecule has 0 bridgehead atoms. The van der Waals surface area contributed by atoms with Gasteiger partial charge in [-0.05, 0) is 26.3 Å². The summed E-state index contributed by atoms with van der Waals surface area (Å²) in [6.45, 7) is 4.63. The van der Waals surface area contributed by atoms with E-state index in [0.717, 1.165) is 39.0 Å². The predicted molar refractivity (Wildman–Crippen MR) is 61.2 cm³/mol. The second kappa shape index (κ2) is 12.2. The lowest BCUT2D eigenvalue weighted by Gasteiger charge is -2.00. The Labute approximate surface area is 87.7 Å². The van der Waals surface area contributed by atoms with Crippen LogP contribution in [0, 0.1) is 11.8 Å². The SMILES string of the molecule is CC#CCC/C=C/CCNCCOC. The number of rotatable bonds is 8. The molecule has 1 N–H and O–H groups in total. The number of ether oxygens (including phenoxy) is 1. The van der Waals surface area contributed by atoms with Crippen molar-refractivity contribution < 1.29 is 4.74 Å². The zero-order valence-electron chi connectivity index (χ0n) is 9.31. The highest BCUT2D eigenvalue weighted by molar-refractivity contribution is 4.97. The van der Waals surface area contributed by atoms with E-state index >= 15 is 0 Å². The summed E-state index contributed by atoms with van der Waals surface area (Å²) in [7, 11) is 1.72. The molecule has 0 spiro atoms. The molecular weight excluding hydrogens is 174 g/mol. The maximum Gasteiger partial charge on any atom is 0.0587 e. The Morgan fingerprint density at radius 1 is 1.21 bits per heavy atom. The fourth-order valence-electron chi connectivity index (χ4n) is 1.00. The second-order valence-corrected chi connectivity index (χ2v) is 2.97. The number of hydrogen-bond acceptors (Lipinski definition) is 2. The van der Waals surface area contributed by atoms with Gasteiger partial charge in [-0.15, -0.1) is 11.8 Å². The van der Waals surface area contributed by atoms with Gasteiger partial charge < -0.3 is 10.1 Å². The normalized spacial score (nSPS) is 10.1. The topological polar surface area (TPSA) is 21.3 Å². The Hall–Kier alpha value is -0.780. The minimum Gasteiger partial charge on any atom is -0.383 e. The summed E-state index contributed by atoms with van der Waals surface area (Å²) in [5, 5.41) is 3.28. The van der Waals surface area contributed by atoms with E-state index in [4.69, 9.17) is 4.74 Å². The van der Waals surface area contributed by atoms with Crippen molar-refractivity contribution in [3.8, 4) is 11.8 Å². The van der Waals surface area contributed by atoms with Gasteiger partial charge in [0.1, 0.15) is 0 Å². The van der Waals surface area contributed by atoms with E-state index in [0.29, 0.717) is 0 Å². The van der Waals surface area contributed by atoms with Crippen molar-refractivity contribution >= 4 is 0 Å². The molecule has 0 aromatic heterocycles. The average molecular weight is 195 g/mol. The van der Waals surface area contributed by atoms with Crippen molar-refractivity contribution in [2.75, 3.05) is 26.8 Å². The summed E-state index contributed by atoms with van der Waals surface area (Å²) >= 11 is 0. The van der Waals surface area contributed by atoms with Crippen molar-refractivity contribution in [2.24, 2.45) is 0 Å². The van der Waals surface area contributed by atoms with Crippen molar-refractivity contribution in [3.63, 3.8) is 0 Å². The fraction of sp³-hybridized carbons (Fsp3) is 0.667. The molecule has 14 heavy (non-hydrogen) atoms. The van der Waals surface area contributed by atoms with E-state index < -0.39 is 0 Å². The first kappa shape index (κ1) is 13.2. The van der Waals surface area contributed by atoms with E-state index in [1.165, 1.54) is 0 Å². The van der Waals surface area contributed by atoms with Crippen LogP contribution in [-0.4, -0.2) is 26.8 Å². The zero-order valence-corrected chi connectivity index (χ0v) is 9.31. The summed E-state index contributed by atoms with van der Waals surface area (Å²) in [4.78, 5) is 0. The molecule has 2 nitrogen and oxygen atoms in total. The van der Waals surface area contributed by atoms with Crippen molar-refractivity contribution in [1.29, 1.82) is 0 Å². The molecule has 80 valence electrons. The largest absolute Gasteiger partial charge is 0.383 e. The number of hydrogen-bond donors (Lipinski definition) is 1. The van der Waals surface area contributed by atoms with Crippen LogP contribution < -0.4 is 5.32 Å². The van der Waals surface area contributed by atoms with E-state index in [2.05, 4.69) is 29.3 Å². The van der Waals surface area contributed by atoms with Crippen molar-refractivity contribution in [3.05, 3.63) is 12.2 Å². The van der Waals surface area contributed by atoms with Gasteiger partial charge in [0.25, 0.3) is 0 Å². The Morgan fingerprint density at radius 3 is 2.71 bits per heavy atom. The molecule has 0 aliphatic rings. The predicted octanol–water partition coefficient (Wildman–Crippen LogP) is 1.97. The number of nitrogens with one attached hydrogen (secondary N) is 1. The van der Waals surface area contributed by atoms with Gasteiger partial charge in [0, 0.05) is 20.1 Å². The van der Waals surface area contributed by atoms with E-state index in [1.807, 2.05) is 6.92 Å². The summed E-state index contributed by atoms with van der Waals surface area (Å²) in [6.07, 6.45) is 7.53. The minimum atomic E-state index is 0.788. The molecular formula is C12H21NO. The van der Waals surface area contributed by atoms with Gasteiger partial charge in [0.2, 0.25) is 0 Å². The fourth-order valence-corrected chi connectivity index (χ4v) is 1.00. The lowest BCUT2D eigenvalue weighted by Crippen LogP contribution is -2.19. The molecule has 0 saturated heterocycles. The first-order valence-electron chi connectivity index (χ1n) is 5.16. The standard InChI is InChI=1S/C12H21NO/c1-3-4-5-6-7-8-9-10-13-11-12-14-2/h7-8,13H,5-6,9-12H2,1-2H3/b8-7+. The van der Waals surface area contributed by atoms with Gasteiger partial charge in [-0.1, -0.05) is 12.2 Å². The molecule has 2 heteroatoms. The van der Waals surface area contributed by atoms with Crippen molar-refractivity contribution in [1.82, 2.24) is 5.32 Å². The van der Waals surface area contributed by atoms with Gasteiger partial charge in [0.05, 0.1) is 6.61 Å². The molecule has 0 aliphatic heterocycles. The molecule has 0 aromatic carbocycles. The maximum absolute atomic E-state index is 4.92. The maximum atomic E-state index is 4.92. The summed E-state index contributed by atoms with van der Waals surface area (Å²) in [6, 6.07) is 0. The molecule has 0 radical (unpaired) electrons. The third kappa shape index (κ3) is 11.2. The van der Waals surface area contributed by atoms with Crippen LogP contribution in [0.3, 0.4) is 0 Å². The monoisotopic (exact) mass is 195 g/mol. The molecule has 0 saturated carbocycles. The molecule has 0 heterocycles. The molecule has 0 fully saturated rings. The highest BCUT2D eigenvalue weighted by Crippen LogP contribution is 1.90. The summed E-state index contributed by atoms with van der Waals surface area (Å²) in [5.41, 5.74) is 0. The minimum absolute atomic E-state index is 0.788. The quantitative estimate of drug-likeness (QED) is 0.363. The van der Waals surface area contributed by atoms with Gasteiger partial charge in [-0.2, -0.15) is 0 Å². The van der Waals surface area contributed by atoms with Gasteiger partial charge in [-0.3, -0.25) is 0 Å². The zero-order chi connectivity index (χ0) is 10.5. The van der Waals surface area contributed by atoms with E-state index in [1.54, 1.807) is 7.11 Å².